The standard InChI is InChI=1S/C28H35FN2O7/c1-16(31-27(33)25-26(38-18(3)32)22(35-4)13-14-30-25)28(34)37-17(2)24(19-9-7-6-8-10-19)21-12-11-20(29)15-23(21)36-5/h11-17,19,24H,6-10H2,1-5H3,(H,31,33)/t16-,17-,24+/m0/s1. The molecule has 10 heteroatoms. The number of nitrogens with zero attached hydrogens (tertiary/aromatic N) is 1. The van der Waals surface area contributed by atoms with Crippen LogP contribution in [0.25, 0.3) is 0 Å². The third-order valence-corrected chi connectivity index (χ3v) is 6.77. The Labute approximate surface area is 222 Å². The van der Waals surface area contributed by atoms with Crippen LogP contribution in [0.5, 0.6) is 17.2 Å². The zero-order chi connectivity index (χ0) is 27.8. The van der Waals surface area contributed by atoms with E-state index in [0.717, 1.165) is 37.7 Å². The molecule has 38 heavy (non-hydrogen) atoms. The fraction of sp³-hybridized carbons (Fsp3) is 0.500. The third kappa shape index (κ3) is 6.99. The van der Waals surface area contributed by atoms with Crippen molar-refractivity contribution in [3.63, 3.8) is 0 Å². The van der Waals surface area contributed by atoms with Gasteiger partial charge in [0.15, 0.2) is 11.4 Å². The molecule has 1 aliphatic rings. The summed E-state index contributed by atoms with van der Waals surface area (Å²) in [6.07, 6.45) is 5.95. The van der Waals surface area contributed by atoms with Gasteiger partial charge in [-0.05, 0) is 38.7 Å². The second kappa shape index (κ2) is 13.2. The van der Waals surface area contributed by atoms with Crippen molar-refractivity contribution in [3.05, 3.63) is 47.5 Å². The first-order valence-electron chi connectivity index (χ1n) is 12.7. The lowest BCUT2D eigenvalue weighted by atomic mass is 9.74. The van der Waals surface area contributed by atoms with Crippen LogP contribution in [0.1, 0.15) is 74.8 Å². The number of halogens is 1. The van der Waals surface area contributed by atoms with E-state index in [1.54, 1.807) is 13.0 Å². The number of hydrogen-bond donors (Lipinski definition) is 1. The highest BCUT2D eigenvalue weighted by atomic mass is 19.1. The third-order valence-electron chi connectivity index (χ3n) is 6.77. The van der Waals surface area contributed by atoms with Crippen LogP contribution in [0.15, 0.2) is 30.5 Å². The molecule has 0 unspecified atom stereocenters. The summed E-state index contributed by atoms with van der Waals surface area (Å²) in [4.78, 5) is 41.6. The SMILES string of the molecule is COc1cc(F)ccc1[C@@H](C1CCCCC1)[C@H](C)OC(=O)[C@H](C)NC(=O)c1nccc(OC)c1OC(C)=O. The van der Waals surface area contributed by atoms with Crippen LogP contribution in [-0.4, -0.2) is 49.2 Å². The molecule has 1 N–H and O–H groups in total. The van der Waals surface area contributed by atoms with Crippen molar-refractivity contribution in [2.75, 3.05) is 14.2 Å². The molecule has 0 radical (unpaired) electrons. The van der Waals surface area contributed by atoms with Gasteiger partial charge in [-0.3, -0.25) is 9.59 Å². The first-order chi connectivity index (χ1) is 18.2. The van der Waals surface area contributed by atoms with Gasteiger partial charge in [0, 0.05) is 36.7 Å². The summed E-state index contributed by atoms with van der Waals surface area (Å²) >= 11 is 0. The largest absolute Gasteiger partial charge is 0.496 e. The van der Waals surface area contributed by atoms with Crippen molar-refractivity contribution in [2.24, 2.45) is 5.92 Å². The zero-order valence-electron chi connectivity index (χ0n) is 22.4. The fourth-order valence-corrected chi connectivity index (χ4v) is 5.02. The van der Waals surface area contributed by atoms with Gasteiger partial charge in [-0.25, -0.2) is 14.2 Å². The lowest BCUT2D eigenvalue weighted by Gasteiger charge is -2.35. The number of carbonyl (C=O) groups is 3. The van der Waals surface area contributed by atoms with E-state index in [0.29, 0.717) is 5.75 Å². The Kier molecular flexibility index (Phi) is 10.0. The molecule has 9 nitrogen and oxygen atoms in total. The molecule has 1 aromatic carbocycles. The second-order valence-corrected chi connectivity index (χ2v) is 9.43. The maximum atomic E-state index is 13.9. The smallest absolute Gasteiger partial charge is 0.328 e. The van der Waals surface area contributed by atoms with Gasteiger partial charge in [0.2, 0.25) is 5.75 Å². The summed E-state index contributed by atoms with van der Waals surface area (Å²) in [6, 6.07) is 4.82. The number of methoxy groups -OCH3 is 2. The maximum absolute atomic E-state index is 13.9. The Morgan fingerprint density at radius 1 is 1.03 bits per heavy atom. The second-order valence-electron chi connectivity index (χ2n) is 9.43. The molecular formula is C28H35FN2O7. The topological polar surface area (TPSA) is 113 Å². The Morgan fingerprint density at radius 2 is 1.71 bits per heavy atom. The van der Waals surface area contributed by atoms with Gasteiger partial charge in [0.25, 0.3) is 5.91 Å². The van der Waals surface area contributed by atoms with E-state index in [4.69, 9.17) is 18.9 Å². The van der Waals surface area contributed by atoms with Gasteiger partial charge < -0.3 is 24.3 Å². The van der Waals surface area contributed by atoms with Crippen molar-refractivity contribution >= 4 is 17.8 Å². The average molecular weight is 531 g/mol. The molecule has 0 bridgehead atoms. The van der Waals surface area contributed by atoms with Gasteiger partial charge in [0.05, 0.1) is 14.2 Å². The van der Waals surface area contributed by atoms with Crippen LogP contribution in [0, 0.1) is 11.7 Å². The summed E-state index contributed by atoms with van der Waals surface area (Å²) in [5, 5.41) is 2.56. The van der Waals surface area contributed by atoms with E-state index in [1.807, 2.05) is 0 Å². The Balaban J connectivity index is 1.78. The fourth-order valence-electron chi connectivity index (χ4n) is 5.02. The first-order valence-corrected chi connectivity index (χ1v) is 12.7. The minimum Gasteiger partial charge on any atom is -0.496 e. The molecule has 0 saturated heterocycles. The van der Waals surface area contributed by atoms with E-state index in [-0.39, 0.29) is 29.0 Å². The lowest BCUT2D eigenvalue weighted by Crippen LogP contribution is -2.42. The normalized spacial score (nSPS) is 16.1. The van der Waals surface area contributed by atoms with Crippen LogP contribution in [0.2, 0.25) is 0 Å². The van der Waals surface area contributed by atoms with Crippen LogP contribution in [0.4, 0.5) is 4.39 Å². The molecule has 1 fully saturated rings. The number of benzene rings is 1. The first kappa shape index (κ1) is 28.9. The molecule has 0 spiro atoms. The Morgan fingerprint density at radius 3 is 2.34 bits per heavy atom. The minimum atomic E-state index is -1.04. The predicted molar refractivity (Wildman–Crippen MR) is 137 cm³/mol. The minimum absolute atomic E-state index is 0.144. The predicted octanol–water partition coefficient (Wildman–Crippen LogP) is 4.58. The van der Waals surface area contributed by atoms with Crippen molar-refractivity contribution in [1.29, 1.82) is 0 Å². The van der Waals surface area contributed by atoms with Crippen LogP contribution < -0.4 is 19.5 Å². The van der Waals surface area contributed by atoms with E-state index >= 15 is 0 Å². The Bertz CT molecular complexity index is 1150. The van der Waals surface area contributed by atoms with Crippen LogP contribution in [-0.2, 0) is 14.3 Å². The highest BCUT2D eigenvalue weighted by Gasteiger charge is 2.35. The van der Waals surface area contributed by atoms with Gasteiger partial charge in [-0.2, -0.15) is 0 Å². The summed E-state index contributed by atoms with van der Waals surface area (Å²) in [7, 11) is 2.85. The van der Waals surface area contributed by atoms with Crippen molar-refractivity contribution < 1.29 is 37.7 Å². The molecule has 1 saturated carbocycles. The van der Waals surface area contributed by atoms with Gasteiger partial charge >= 0.3 is 11.9 Å². The van der Waals surface area contributed by atoms with Gasteiger partial charge in [-0.15, -0.1) is 0 Å². The number of nitrogens with one attached hydrogen (secondary N) is 1. The van der Waals surface area contributed by atoms with E-state index in [1.165, 1.54) is 52.5 Å². The zero-order valence-corrected chi connectivity index (χ0v) is 22.4. The number of carbonyl (C=O) groups excluding carboxylic acids is 3. The van der Waals surface area contributed by atoms with E-state index in [9.17, 15) is 18.8 Å². The van der Waals surface area contributed by atoms with Gasteiger partial charge in [-0.1, -0.05) is 25.3 Å². The van der Waals surface area contributed by atoms with Crippen molar-refractivity contribution in [1.82, 2.24) is 10.3 Å². The van der Waals surface area contributed by atoms with Crippen LogP contribution >= 0.6 is 0 Å². The number of pyridine rings is 1. The number of rotatable bonds is 10. The molecule has 3 atom stereocenters. The number of ether oxygens (including phenoxy) is 4. The molecule has 1 aromatic heterocycles. The average Bonchev–Trinajstić information content (AvgIpc) is 2.89. The number of hydrogen-bond acceptors (Lipinski definition) is 8. The van der Waals surface area contributed by atoms with E-state index in [2.05, 4.69) is 10.3 Å². The lowest BCUT2D eigenvalue weighted by molar-refractivity contribution is -0.152. The summed E-state index contributed by atoms with van der Waals surface area (Å²) in [6.45, 7) is 4.48. The molecular weight excluding hydrogens is 495 g/mol. The molecule has 206 valence electrons. The highest BCUT2D eigenvalue weighted by Crippen LogP contribution is 2.42. The monoisotopic (exact) mass is 530 g/mol. The van der Waals surface area contributed by atoms with Crippen molar-refractivity contribution in [3.8, 4) is 17.2 Å². The molecule has 0 aliphatic heterocycles. The molecule has 2 aromatic rings. The summed E-state index contributed by atoms with van der Waals surface area (Å²) < 4.78 is 35.5. The van der Waals surface area contributed by atoms with Gasteiger partial charge in [0.1, 0.15) is 23.7 Å². The molecule has 1 aliphatic carbocycles. The molecule has 3 rings (SSSR count). The van der Waals surface area contributed by atoms with Crippen LogP contribution in [0.3, 0.4) is 0 Å². The summed E-state index contributed by atoms with van der Waals surface area (Å²) in [5.74, 6) is -2.03. The number of amides is 1. The molecule has 1 heterocycles. The highest BCUT2D eigenvalue weighted by molar-refractivity contribution is 5.98. The molecule has 1 amide bonds. The quantitative estimate of drug-likeness (QED) is 0.444. The maximum Gasteiger partial charge on any atom is 0.328 e. The van der Waals surface area contributed by atoms with E-state index < -0.39 is 35.8 Å². The number of esters is 2. The number of aromatic nitrogens is 1. The Hall–Kier alpha value is -3.69. The van der Waals surface area contributed by atoms with Crippen molar-refractivity contribution in [2.45, 2.75) is 70.9 Å². The summed E-state index contributed by atoms with van der Waals surface area (Å²) in [5.41, 5.74) is 0.577.